The molecule has 5 nitrogen and oxygen atoms in total. The number of rotatable bonds is 6. The van der Waals surface area contributed by atoms with E-state index in [1.807, 2.05) is 24.4 Å². The van der Waals surface area contributed by atoms with Gasteiger partial charge in [0.05, 0.1) is 19.2 Å². The van der Waals surface area contributed by atoms with Crippen LogP contribution in [0.5, 0.6) is 11.5 Å². The van der Waals surface area contributed by atoms with Gasteiger partial charge in [-0.05, 0) is 30.5 Å². The summed E-state index contributed by atoms with van der Waals surface area (Å²) < 4.78 is 5.28. The molecule has 0 saturated carbocycles. The standard InChI is InChI=1S/C15H16N2O3S/c1-2-20-13-7-3-5-11(15(13)19)10-16-17-14(18)9-12-6-4-8-21-12/h3-8,10,19H,2,9H2,1H3,(H,17,18)/b16-10+. The lowest BCUT2D eigenvalue weighted by Crippen LogP contribution is -2.19. The summed E-state index contributed by atoms with van der Waals surface area (Å²) in [5.41, 5.74) is 2.92. The van der Waals surface area contributed by atoms with E-state index in [1.54, 1.807) is 18.2 Å². The number of amides is 1. The highest BCUT2D eigenvalue weighted by molar-refractivity contribution is 7.10. The van der Waals surface area contributed by atoms with Gasteiger partial charge in [-0.25, -0.2) is 5.43 Å². The van der Waals surface area contributed by atoms with Gasteiger partial charge in [0.15, 0.2) is 11.5 Å². The minimum Gasteiger partial charge on any atom is -0.504 e. The Bertz CT molecular complexity index is 624. The Labute approximate surface area is 126 Å². The summed E-state index contributed by atoms with van der Waals surface area (Å²) in [5.74, 6) is 0.205. The number of phenols is 1. The van der Waals surface area contributed by atoms with E-state index in [4.69, 9.17) is 4.74 Å². The van der Waals surface area contributed by atoms with E-state index in [-0.39, 0.29) is 11.7 Å². The quantitative estimate of drug-likeness (QED) is 0.636. The number of phenolic OH excluding ortho intramolecular Hbond substituents is 1. The van der Waals surface area contributed by atoms with E-state index in [9.17, 15) is 9.90 Å². The first kappa shape index (κ1) is 15.1. The van der Waals surface area contributed by atoms with Crippen LogP contribution in [0.1, 0.15) is 17.4 Å². The van der Waals surface area contributed by atoms with Crippen molar-refractivity contribution in [1.82, 2.24) is 5.43 Å². The number of hydrogen-bond acceptors (Lipinski definition) is 5. The predicted molar refractivity (Wildman–Crippen MR) is 83.0 cm³/mol. The number of hydrazone groups is 1. The van der Waals surface area contributed by atoms with Crippen molar-refractivity contribution < 1.29 is 14.6 Å². The number of hydrogen-bond donors (Lipinski definition) is 2. The van der Waals surface area contributed by atoms with Crippen molar-refractivity contribution in [2.45, 2.75) is 13.3 Å². The number of nitrogens with one attached hydrogen (secondary N) is 1. The van der Waals surface area contributed by atoms with Crippen LogP contribution in [0.3, 0.4) is 0 Å². The molecule has 0 radical (unpaired) electrons. The minimum absolute atomic E-state index is 0.00982. The average Bonchev–Trinajstić information content (AvgIpc) is 2.96. The maximum atomic E-state index is 11.6. The molecule has 0 saturated heterocycles. The predicted octanol–water partition coefficient (Wildman–Crippen LogP) is 2.55. The summed E-state index contributed by atoms with van der Waals surface area (Å²) >= 11 is 1.52. The lowest BCUT2D eigenvalue weighted by atomic mass is 10.2. The number of ether oxygens (including phenoxy) is 1. The van der Waals surface area contributed by atoms with Crippen molar-refractivity contribution in [1.29, 1.82) is 0 Å². The van der Waals surface area contributed by atoms with Crippen LogP contribution >= 0.6 is 11.3 Å². The fourth-order valence-electron chi connectivity index (χ4n) is 1.70. The van der Waals surface area contributed by atoms with Crippen molar-refractivity contribution in [3.8, 4) is 11.5 Å². The molecular formula is C15H16N2O3S. The molecule has 0 aliphatic heterocycles. The average molecular weight is 304 g/mol. The van der Waals surface area contributed by atoms with Crippen LogP contribution in [0.2, 0.25) is 0 Å². The van der Waals surface area contributed by atoms with Crippen LogP contribution in [-0.2, 0) is 11.2 Å². The zero-order valence-electron chi connectivity index (χ0n) is 11.6. The Morgan fingerprint density at radius 1 is 1.43 bits per heavy atom. The summed E-state index contributed by atoms with van der Waals surface area (Å²) in [7, 11) is 0. The summed E-state index contributed by atoms with van der Waals surface area (Å²) in [4.78, 5) is 12.6. The van der Waals surface area contributed by atoms with Gasteiger partial charge in [0.1, 0.15) is 0 Å². The van der Waals surface area contributed by atoms with Crippen LogP contribution in [-0.4, -0.2) is 23.8 Å². The number of para-hydroxylation sites is 1. The summed E-state index contributed by atoms with van der Waals surface area (Å²) in [6.45, 7) is 2.30. The van der Waals surface area contributed by atoms with E-state index in [0.29, 0.717) is 24.3 Å². The molecule has 0 spiro atoms. The second kappa shape index (κ2) is 7.44. The molecule has 0 atom stereocenters. The fourth-order valence-corrected chi connectivity index (χ4v) is 2.40. The van der Waals surface area contributed by atoms with Crippen molar-refractivity contribution in [2.24, 2.45) is 5.10 Å². The molecule has 0 fully saturated rings. The molecule has 1 aromatic carbocycles. The van der Waals surface area contributed by atoms with Crippen LogP contribution in [0, 0.1) is 0 Å². The Morgan fingerprint density at radius 3 is 3.00 bits per heavy atom. The molecule has 1 aromatic heterocycles. The second-order valence-corrected chi connectivity index (χ2v) is 5.21. The topological polar surface area (TPSA) is 70.9 Å². The Morgan fingerprint density at radius 2 is 2.29 bits per heavy atom. The first-order valence-corrected chi connectivity index (χ1v) is 7.37. The van der Waals surface area contributed by atoms with Crippen molar-refractivity contribution in [3.63, 3.8) is 0 Å². The van der Waals surface area contributed by atoms with Gasteiger partial charge < -0.3 is 9.84 Å². The molecule has 0 aliphatic carbocycles. The monoisotopic (exact) mass is 304 g/mol. The van der Waals surface area contributed by atoms with Gasteiger partial charge in [-0.1, -0.05) is 12.1 Å². The van der Waals surface area contributed by atoms with E-state index < -0.39 is 0 Å². The molecule has 21 heavy (non-hydrogen) atoms. The highest BCUT2D eigenvalue weighted by Crippen LogP contribution is 2.28. The molecule has 0 aliphatic rings. The third-order valence-corrected chi connectivity index (χ3v) is 3.51. The normalized spacial score (nSPS) is 10.7. The van der Waals surface area contributed by atoms with E-state index in [0.717, 1.165) is 4.88 Å². The first-order chi connectivity index (χ1) is 10.2. The van der Waals surface area contributed by atoms with Crippen molar-refractivity contribution >= 4 is 23.5 Å². The Balaban J connectivity index is 1.95. The van der Waals surface area contributed by atoms with Crippen molar-refractivity contribution in [3.05, 3.63) is 46.2 Å². The molecule has 110 valence electrons. The van der Waals surface area contributed by atoms with Gasteiger partial charge in [0.2, 0.25) is 5.91 Å². The van der Waals surface area contributed by atoms with E-state index in [1.165, 1.54) is 17.6 Å². The molecule has 1 amide bonds. The van der Waals surface area contributed by atoms with Gasteiger partial charge in [0.25, 0.3) is 0 Å². The van der Waals surface area contributed by atoms with Gasteiger partial charge in [-0.3, -0.25) is 4.79 Å². The zero-order chi connectivity index (χ0) is 15.1. The lowest BCUT2D eigenvalue weighted by Gasteiger charge is -2.07. The molecule has 0 bridgehead atoms. The highest BCUT2D eigenvalue weighted by atomic mass is 32.1. The number of thiophene rings is 1. The van der Waals surface area contributed by atoms with Gasteiger partial charge in [-0.2, -0.15) is 5.10 Å². The molecule has 1 heterocycles. The zero-order valence-corrected chi connectivity index (χ0v) is 12.4. The molecule has 6 heteroatoms. The third kappa shape index (κ3) is 4.32. The molecule has 2 aromatic rings. The number of carbonyl (C=O) groups excluding carboxylic acids is 1. The minimum atomic E-state index is -0.200. The van der Waals surface area contributed by atoms with Crippen LogP contribution in [0.25, 0.3) is 0 Å². The second-order valence-electron chi connectivity index (χ2n) is 4.18. The van der Waals surface area contributed by atoms with Gasteiger partial charge >= 0.3 is 0 Å². The van der Waals surface area contributed by atoms with E-state index in [2.05, 4.69) is 10.5 Å². The summed E-state index contributed by atoms with van der Waals surface area (Å²) in [6.07, 6.45) is 1.68. The summed E-state index contributed by atoms with van der Waals surface area (Å²) in [5, 5.41) is 15.7. The first-order valence-electron chi connectivity index (χ1n) is 6.49. The van der Waals surface area contributed by atoms with E-state index >= 15 is 0 Å². The van der Waals surface area contributed by atoms with Crippen LogP contribution < -0.4 is 10.2 Å². The van der Waals surface area contributed by atoms with Gasteiger partial charge in [0, 0.05) is 10.4 Å². The van der Waals surface area contributed by atoms with Crippen LogP contribution in [0.4, 0.5) is 0 Å². The maximum absolute atomic E-state index is 11.6. The third-order valence-electron chi connectivity index (χ3n) is 2.64. The van der Waals surface area contributed by atoms with Gasteiger partial charge in [-0.15, -0.1) is 11.3 Å². The number of nitrogens with zero attached hydrogens (tertiary/aromatic N) is 1. The lowest BCUT2D eigenvalue weighted by molar-refractivity contribution is -0.120. The largest absolute Gasteiger partial charge is 0.504 e. The SMILES string of the molecule is CCOc1cccc(/C=N/NC(=O)Cc2cccs2)c1O. The number of aromatic hydroxyl groups is 1. The highest BCUT2D eigenvalue weighted by Gasteiger charge is 2.06. The molecule has 2 N–H and O–H groups in total. The molecule has 2 rings (SSSR count). The smallest absolute Gasteiger partial charge is 0.245 e. The van der Waals surface area contributed by atoms with Crippen LogP contribution in [0.15, 0.2) is 40.8 Å². The number of carbonyl (C=O) groups is 1. The maximum Gasteiger partial charge on any atom is 0.245 e. The number of benzene rings is 1. The molecule has 0 unspecified atom stereocenters. The van der Waals surface area contributed by atoms with Crippen molar-refractivity contribution in [2.75, 3.05) is 6.61 Å². The molecular weight excluding hydrogens is 288 g/mol. The summed E-state index contributed by atoms with van der Waals surface area (Å²) in [6, 6.07) is 8.90. The fraction of sp³-hybridized carbons (Fsp3) is 0.200. The Hall–Kier alpha value is -2.34. The Kier molecular flexibility index (Phi) is 5.34.